The Kier molecular flexibility index (Phi) is 4.66. The van der Waals surface area contributed by atoms with Gasteiger partial charge in [0.15, 0.2) is 22.4 Å². The number of anilines is 2. The third-order valence-corrected chi connectivity index (χ3v) is 8.18. The minimum Gasteiger partial charge on any atom is -0.504 e. The van der Waals surface area contributed by atoms with Gasteiger partial charge in [-0.3, -0.25) is 9.59 Å². The van der Waals surface area contributed by atoms with Gasteiger partial charge in [-0.05, 0) is 59.7 Å². The Balaban J connectivity index is 1.98. The lowest BCUT2D eigenvalue weighted by Gasteiger charge is -2.31. The van der Waals surface area contributed by atoms with Crippen LogP contribution in [0.1, 0.15) is 36.1 Å². The van der Waals surface area contributed by atoms with Crippen LogP contribution in [0.15, 0.2) is 27.3 Å². The van der Waals surface area contributed by atoms with Crippen LogP contribution in [0.4, 0.5) is 11.4 Å². The fourth-order valence-electron chi connectivity index (χ4n) is 6.79. The fourth-order valence-corrected chi connectivity index (χ4v) is 6.79. The minimum absolute atomic E-state index is 0.101. The SMILES string of the molecule is COc1c(O)c2c(=O)cc(CO)c3c4c(CO)cc(=O)c5c6c(c7c(c(c1CC(C)=C7)c23)c54)NC(C)CN6. The number of aliphatic hydroxyl groups excluding tert-OH is 2. The van der Waals surface area contributed by atoms with Crippen molar-refractivity contribution in [2.24, 2.45) is 0 Å². The van der Waals surface area contributed by atoms with Crippen molar-refractivity contribution < 1.29 is 20.1 Å². The van der Waals surface area contributed by atoms with Crippen LogP contribution >= 0.6 is 0 Å². The lowest BCUT2D eigenvalue weighted by atomic mass is 9.81. The molecule has 0 bridgehead atoms. The molecular weight excluding hydrogens is 484 g/mol. The van der Waals surface area contributed by atoms with E-state index in [1.807, 2.05) is 6.92 Å². The first-order valence-corrected chi connectivity index (χ1v) is 12.7. The Morgan fingerprint density at radius 3 is 2.16 bits per heavy atom. The highest BCUT2D eigenvalue weighted by molar-refractivity contribution is 6.39. The number of hydrogen-bond acceptors (Lipinski definition) is 8. The van der Waals surface area contributed by atoms with E-state index in [9.17, 15) is 24.9 Å². The molecule has 0 aromatic heterocycles. The van der Waals surface area contributed by atoms with Crippen molar-refractivity contribution in [1.82, 2.24) is 0 Å². The lowest BCUT2D eigenvalue weighted by Crippen LogP contribution is -2.31. The average Bonchev–Trinajstić information content (AvgIpc) is 3.05. The number of methoxy groups -OCH3 is 1. The van der Waals surface area contributed by atoms with Crippen molar-refractivity contribution in [3.8, 4) is 11.5 Å². The van der Waals surface area contributed by atoms with Crippen molar-refractivity contribution in [3.63, 3.8) is 0 Å². The molecule has 0 spiro atoms. The first kappa shape index (κ1) is 23.0. The molecule has 0 radical (unpaired) electrons. The summed E-state index contributed by atoms with van der Waals surface area (Å²) in [4.78, 5) is 27.1. The molecule has 1 atom stereocenters. The fraction of sp³-hybridized carbons (Fsp3) is 0.267. The van der Waals surface area contributed by atoms with Crippen LogP contribution in [-0.2, 0) is 19.6 Å². The van der Waals surface area contributed by atoms with E-state index in [4.69, 9.17) is 4.74 Å². The number of nitrogens with one attached hydrogen (secondary N) is 2. The predicted octanol–water partition coefficient (Wildman–Crippen LogP) is 3.78. The molecular formula is C30H26N2O6. The highest BCUT2D eigenvalue weighted by Crippen LogP contribution is 2.54. The van der Waals surface area contributed by atoms with E-state index in [1.54, 1.807) is 0 Å². The van der Waals surface area contributed by atoms with Gasteiger partial charge in [-0.1, -0.05) is 11.6 Å². The third kappa shape index (κ3) is 2.66. The quantitative estimate of drug-likeness (QED) is 0.183. The Morgan fingerprint density at radius 2 is 1.53 bits per heavy atom. The Hall–Kier alpha value is -4.14. The molecule has 38 heavy (non-hydrogen) atoms. The van der Waals surface area contributed by atoms with Crippen molar-refractivity contribution in [1.29, 1.82) is 0 Å². The van der Waals surface area contributed by atoms with E-state index in [1.165, 1.54) is 19.2 Å². The van der Waals surface area contributed by atoms with Crippen LogP contribution < -0.4 is 26.2 Å². The summed E-state index contributed by atoms with van der Waals surface area (Å²) in [6, 6.07) is 2.87. The van der Waals surface area contributed by atoms with Crippen molar-refractivity contribution in [2.75, 3.05) is 24.3 Å². The monoisotopic (exact) mass is 510 g/mol. The highest BCUT2D eigenvalue weighted by atomic mass is 16.5. The molecule has 1 unspecified atom stereocenters. The molecule has 192 valence electrons. The molecule has 2 aliphatic rings. The zero-order valence-corrected chi connectivity index (χ0v) is 21.2. The standard InChI is InChI=1S/C30H26N2O6/c1-11-4-15-21-22-16(5-11)30(38-3)29(37)24-18(36)7-14(10-34)20(26(22)24)19-13(9-33)6-17(35)23(25(19)21)28-27(15)32-12(2)8-31-28/h4,6-7,12,31-34,37H,5,8-10H2,1-3H3. The molecule has 0 amide bonds. The van der Waals surface area contributed by atoms with E-state index in [2.05, 4.69) is 23.6 Å². The van der Waals surface area contributed by atoms with Crippen LogP contribution in [0.3, 0.4) is 0 Å². The molecule has 8 heteroatoms. The maximum atomic E-state index is 13.7. The van der Waals surface area contributed by atoms with Gasteiger partial charge in [0.05, 0.1) is 42.5 Å². The molecule has 0 saturated carbocycles. The second kappa shape index (κ2) is 7.69. The summed E-state index contributed by atoms with van der Waals surface area (Å²) < 4.78 is 5.71. The van der Waals surface area contributed by atoms with Gasteiger partial charge in [0.25, 0.3) is 0 Å². The molecule has 1 aliphatic heterocycles. The minimum atomic E-state index is -0.432. The smallest absolute Gasteiger partial charge is 0.190 e. The Morgan fingerprint density at radius 1 is 0.895 bits per heavy atom. The van der Waals surface area contributed by atoms with Gasteiger partial charge in [-0.25, -0.2) is 0 Å². The normalized spacial score (nSPS) is 16.7. The number of ether oxygens (including phenoxy) is 1. The molecule has 1 aliphatic carbocycles. The molecule has 5 N–H and O–H groups in total. The molecule has 5 aromatic rings. The highest BCUT2D eigenvalue weighted by Gasteiger charge is 2.33. The largest absolute Gasteiger partial charge is 0.504 e. The van der Waals surface area contributed by atoms with Crippen molar-refractivity contribution >= 4 is 60.5 Å². The van der Waals surface area contributed by atoms with Gasteiger partial charge in [0.2, 0.25) is 0 Å². The summed E-state index contributed by atoms with van der Waals surface area (Å²) in [5.41, 5.74) is 4.24. The number of phenols is 1. The molecule has 8 nitrogen and oxygen atoms in total. The number of rotatable bonds is 3. The number of aliphatic hydroxyl groups is 2. The number of aromatic hydroxyl groups is 1. The lowest BCUT2D eigenvalue weighted by molar-refractivity contribution is 0.282. The maximum absolute atomic E-state index is 13.7. The van der Waals surface area contributed by atoms with Gasteiger partial charge in [0, 0.05) is 39.9 Å². The van der Waals surface area contributed by atoms with E-state index in [-0.39, 0.29) is 28.4 Å². The number of allylic oxidation sites excluding steroid dienone is 1. The second-order valence-corrected chi connectivity index (χ2v) is 10.5. The number of hydrogen-bond donors (Lipinski definition) is 5. The molecule has 1 heterocycles. The van der Waals surface area contributed by atoms with E-state index in [0.29, 0.717) is 62.3 Å². The van der Waals surface area contributed by atoms with Crippen LogP contribution in [-0.4, -0.2) is 35.0 Å². The molecule has 0 saturated heterocycles. The molecule has 7 rings (SSSR count). The van der Waals surface area contributed by atoms with Crippen LogP contribution in [0.5, 0.6) is 11.5 Å². The predicted molar refractivity (Wildman–Crippen MR) is 150 cm³/mol. The van der Waals surface area contributed by atoms with Crippen LogP contribution in [0.25, 0.3) is 49.2 Å². The third-order valence-electron chi connectivity index (χ3n) is 8.18. The van der Waals surface area contributed by atoms with E-state index < -0.39 is 18.6 Å². The maximum Gasteiger partial charge on any atom is 0.190 e. The van der Waals surface area contributed by atoms with E-state index in [0.717, 1.165) is 27.6 Å². The van der Waals surface area contributed by atoms with Gasteiger partial charge < -0.3 is 30.7 Å². The number of phenolic OH excluding ortho intramolecular Hbond substituents is 1. The first-order chi connectivity index (χ1) is 18.3. The summed E-state index contributed by atoms with van der Waals surface area (Å²) in [5.74, 6) is -0.0207. The molecule has 5 aromatic carbocycles. The molecule has 0 fully saturated rings. The van der Waals surface area contributed by atoms with Gasteiger partial charge in [0.1, 0.15) is 0 Å². The van der Waals surface area contributed by atoms with Gasteiger partial charge >= 0.3 is 0 Å². The van der Waals surface area contributed by atoms with Crippen LogP contribution in [0.2, 0.25) is 0 Å². The number of benzene rings is 5. The summed E-state index contributed by atoms with van der Waals surface area (Å²) in [5, 5.41) is 43.7. The van der Waals surface area contributed by atoms with Crippen molar-refractivity contribution in [2.45, 2.75) is 39.5 Å². The second-order valence-electron chi connectivity index (χ2n) is 10.5. The summed E-state index contributed by atoms with van der Waals surface area (Å²) in [7, 11) is 1.47. The average molecular weight is 511 g/mol. The topological polar surface area (TPSA) is 128 Å². The Bertz CT molecular complexity index is 2010. The Labute approximate surface area is 216 Å². The van der Waals surface area contributed by atoms with E-state index >= 15 is 0 Å². The first-order valence-electron chi connectivity index (χ1n) is 12.7. The zero-order valence-electron chi connectivity index (χ0n) is 21.2. The summed E-state index contributed by atoms with van der Waals surface area (Å²) in [6.45, 7) is 3.86. The van der Waals surface area contributed by atoms with Crippen molar-refractivity contribution in [3.05, 3.63) is 60.4 Å². The number of fused-ring (bicyclic) bond motifs is 4. The zero-order chi connectivity index (χ0) is 26.6. The summed E-state index contributed by atoms with van der Waals surface area (Å²) >= 11 is 0. The van der Waals surface area contributed by atoms with Gasteiger partial charge in [-0.15, -0.1) is 0 Å². The van der Waals surface area contributed by atoms with Gasteiger partial charge in [-0.2, -0.15) is 0 Å². The van der Waals surface area contributed by atoms with Crippen LogP contribution in [0, 0.1) is 0 Å². The summed E-state index contributed by atoms with van der Waals surface area (Å²) in [6.07, 6.45) is 2.54.